The van der Waals surface area contributed by atoms with Crippen LogP contribution >= 0.6 is 11.8 Å². The van der Waals surface area contributed by atoms with Crippen LogP contribution in [0.3, 0.4) is 0 Å². The molecule has 1 aromatic heterocycles. The van der Waals surface area contributed by atoms with Gasteiger partial charge in [-0.1, -0.05) is 18.7 Å². The van der Waals surface area contributed by atoms with E-state index in [9.17, 15) is 4.79 Å². The average molecular weight is 270 g/mol. The Kier molecular flexibility index (Phi) is 4.50. The molecule has 6 heteroatoms. The lowest BCUT2D eigenvalue weighted by atomic mass is 10.2. The lowest BCUT2D eigenvalue weighted by Crippen LogP contribution is -2.26. The predicted octanol–water partition coefficient (Wildman–Crippen LogP) is 1.77. The fourth-order valence-corrected chi connectivity index (χ4v) is 3.89. The van der Waals surface area contributed by atoms with Crippen molar-refractivity contribution in [3.8, 4) is 0 Å². The summed E-state index contributed by atoms with van der Waals surface area (Å²) in [4.78, 5) is 11.6. The molecule has 0 aromatic carbocycles. The molecule has 0 amide bonds. The predicted molar refractivity (Wildman–Crippen MR) is 74.2 cm³/mol. The van der Waals surface area contributed by atoms with Crippen LogP contribution in [0.5, 0.6) is 0 Å². The van der Waals surface area contributed by atoms with Gasteiger partial charge in [-0.15, -0.1) is 5.10 Å². The molecule has 0 bridgehead atoms. The summed E-state index contributed by atoms with van der Waals surface area (Å²) in [6.07, 6.45) is 3.58. The lowest BCUT2D eigenvalue weighted by molar-refractivity contribution is 0.531. The number of hydrogen-bond acceptors (Lipinski definition) is 4. The molecule has 102 valence electrons. The van der Waals surface area contributed by atoms with Gasteiger partial charge < -0.3 is 5.32 Å². The van der Waals surface area contributed by atoms with Gasteiger partial charge in [0.2, 0.25) is 0 Å². The van der Waals surface area contributed by atoms with Crippen molar-refractivity contribution in [2.24, 2.45) is 0 Å². The minimum atomic E-state index is -0.103. The second kappa shape index (κ2) is 5.93. The normalized spacial score (nSPS) is 24.0. The zero-order valence-electron chi connectivity index (χ0n) is 11.3. The molecule has 0 radical (unpaired) electrons. The SMILES string of the molecule is CCNC1CCC(Sc2n[nH]c(=O)n2C(C)C)C1. The van der Waals surface area contributed by atoms with Gasteiger partial charge >= 0.3 is 5.69 Å². The molecule has 1 aliphatic rings. The van der Waals surface area contributed by atoms with Crippen molar-refractivity contribution >= 4 is 11.8 Å². The van der Waals surface area contributed by atoms with Crippen molar-refractivity contribution in [1.29, 1.82) is 0 Å². The Hall–Kier alpha value is -0.750. The van der Waals surface area contributed by atoms with Crippen molar-refractivity contribution in [2.45, 2.75) is 62.5 Å². The molecule has 1 fully saturated rings. The molecule has 0 spiro atoms. The van der Waals surface area contributed by atoms with Crippen LogP contribution in [0.15, 0.2) is 9.95 Å². The molecule has 0 saturated heterocycles. The van der Waals surface area contributed by atoms with Crippen molar-refractivity contribution in [3.05, 3.63) is 10.5 Å². The Labute approximate surface area is 112 Å². The Balaban J connectivity index is 2.00. The lowest BCUT2D eigenvalue weighted by Gasteiger charge is -2.13. The molecule has 18 heavy (non-hydrogen) atoms. The van der Waals surface area contributed by atoms with Gasteiger partial charge in [0.1, 0.15) is 0 Å². The third kappa shape index (κ3) is 2.98. The minimum Gasteiger partial charge on any atom is -0.314 e. The van der Waals surface area contributed by atoms with E-state index in [-0.39, 0.29) is 11.7 Å². The van der Waals surface area contributed by atoms with E-state index < -0.39 is 0 Å². The van der Waals surface area contributed by atoms with E-state index in [0.29, 0.717) is 11.3 Å². The maximum absolute atomic E-state index is 11.6. The van der Waals surface area contributed by atoms with E-state index in [2.05, 4.69) is 22.4 Å². The number of aromatic nitrogens is 3. The van der Waals surface area contributed by atoms with E-state index in [1.54, 1.807) is 16.3 Å². The Bertz CT molecular complexity index is 440. The largest absolute Gasteiger partial charge is 0.344 e. The maximum Gasteiger partial charge on any atom is 0.344 e. The number of H-pyrrole nitrogens is 1. The van der Waals surface area contributed by atoms with Gasteiger partial charge in [-0.2, -0.15) is 0 Å². The molecule has 1 aromatic rings. The van der Waals surface area contributed by atoms with Gasteiger partial charge in [0.15, 0.2) is 5.16 Å². The fourth-order valence-electron chi connectivity index (χ4n) is 2.50. The zero-order chi connectivity index (χ0) is 13.1. The number of aromatic amines is 1. The molecule has 1 aliphatic carbocycles. The topological polar surface area (TPSA) is 62.7 Å². The Morgan fingerprint density at radius 2 is 2.33 bits per heavy atom. The maximum atomic E-state index is 11.6. The number of thioether (sulfide) groups is 1. The molecule has 1 saturated carbocycles. The smallest absolute Gasteiger partial charge is 0.314 e. The molecule has 2 atom stereocenters. The van der Waals surface area contributed by atoms with Gasteiger partial charge in [0.25, 0.3) is 0 Å². The van der Waals surface area contributed by atoms with Gasteiger partial charge in [-0.25, -0.2) is 9.89 Å². The number of nitrogens with zero attached hydrogens (tertiary/aromatic N) is 2. The first-order valence-electron chi connectivity index (χ1n) is 6.68. The van der Waals surface area contributed by atoms with Crippen molar-refractivity contribution < 1.29 is 0 Å². The van der Waals surface area contributed by atoms with Crippen LogP contribution in [0, 0.1) is 0 Å². The molecule has 0 aliphatic heterocycles. The number of hydrogen-bond donors (Lipinski definition) is 2. The van der Waals surface area contributed by atoms with E-state index in [0.717, 1.165) is 18.1 Å². The summed E-state index contributed by atoms with van der Waals surface area (Å²) in [5.74, 6) is 0. The highest BCUT2D eigenvalue weighted by Crippen LogP contribution is 2.34. The monoisotopic (exact) mass is 270 g/mol. The summed E-state index contributed by atoms with van der Waals surface area (Å²) < 4.78 is 1.74. The third-order valence-electron chi connectivity index (χ3n) is 3.34. The highest BCUT2D eigenvalue weighted by atomic mass is 32.2. The van der Waals surface area contributed by atoms with Crippen molar-refractivity contribution in [2.75, 3.05) is 6.54 Å². The Morgan fingerprint density at radius 1 is 1.56 bits per heavy atom. The summed E-state index contributed by atoms with van der Waals surface area (Å²) in [6, 6.07) is 0.787. The summed E-state index contributed by atoms with van der Waals surface area (Å²) in [6.45, 7) is 7.19. The summed E-state index contributed by atoms with van der Waals surface area (Å²) in [7, 11) is 0. The minimum absolute atomic E-state index is 0.103. The average Bonchev–Trinajstić information content (AvgIpc) is 2.87. The third-order valence-corrected chi connectivity index (χ3v) is 4.60. The standard InChI is InChI=1S/C12H22N4OS/c1-4-13-9-5-6-10(7-9)18-12-15-14-11(17)16(12)8(2)3/h8-10,13H,4-7H2,1-3H3,(H,14,17). The van der Waals surface area contributed by atoms with Crippen LogP contribution in [0.2, 0.25) is 0 Å². The highest BCUT2D eigenvalue weighted by molar-refractivity contribution is 7.99. The van der Waals surface area contributed by atoms with E-state index in [4.69, 9.17) is 0 Å². The van der Waals surface area contributed by atoms with Gasteiger partial charge in [0, 0.05) is 17.3 Å². The molecular formula is C12H22N4OS. The van der Waals surface area contributed by atoms with Crippen LogP contribution in [0.25, 0.3) is 0 Å². The number of rotatable bonds is 5. The van der Waals surface area contributed by atoms with Crippen LogP contribution in [-0.2, 0) is 0 Å². The van der Waals surface area contributed by atoms with Crippen LogP contribution in [0.4, 0.5) is 0 Å². The summed E-state index contributed by atoms with van der Waals surface area (Å²) in [5.41, 5.74) is -0.103. The first-order valence-corrected chi connectivity index (χ1v) is 7.56. The molecule has 5 nitrogen and oxygen atoms in total. The van der Waals surface area contributed by atoms with E-state index in [1.165, 1.54) is 12.8 Å². The van der Waals surface area contributed by atoms with Gasteiger partial charge in [-0.3, -0.25) is 4.57 Å². The second-order valence-electron chi connectivity index (χ2n) is 5.08. The summed E-state index contributed by atoms with van der Waals surface area (Å²) >= 11 is 1.74. The summed E-state index contributed by atoms with van der Waals surface area (Å²) in [5, 5.41) is 11.6. The zero-order valence-corrected chi connectivity index (χ0v) is 12.1. The first kappa shape index (κ1) is 13.7. The fraction of sp³-hybridized carbons (Fsp3) is 0.833. The van der Waals surface area contributed by atoms with Crippen molar-refractivity contribution in [3.63, 3.8) is 0 Å². The molecule has 2 rings (SSSR count). The van der Waals surface area contributed by atoms with Crippen molar-refractivity contribution in [1.82, 2.24) is 20.1 Å². The quantitative estimate of drug-likeness (QED) is 0.856. The van der Waals surface area contributed by atoms with Gasteiger partial charge in [-0.05, 0) is 39.7 Å². The number of nitrogens with one attached hydrogen (secondary N) is 2. The molecule has 1 heterocycles. The first-order chi connectivity index (χ1) is 8.61. The highest BCUT2D eigenvalue weighted by Gasteiger charge is 2.26. The molecular weight excluding hydrogens is 248 g/mol. The van der Waals surface area contributed by atoms with Crippen LogP contribution in [0.1, 0.15) is 46.1 Å². The van der Waals surface area contributed by atoms with Crippen LogP contribution < -0.4 is 11.0 Å². The second-order valence-corrected chi connectivity index (χ2v) is 6.35. The van der Waals surface area contributed by atoms with E-state index in [1.807, 2.05) is 13.8 Å². The van der Waals surface area contributed by atoms with Gasteiger partial charge in [0.05, 0.1) is 0 Å². The molecule has 2 N–H and O–H groups in total. The molecule has 2 unspecified atom stereocenters. The Morgan fingerprint density at radius 3 is 3.00 bits per heavy atom. The van der Waals surface area contributed by atoms with E-state index >= 15 is 0 Å². The van der Waals surface area contributed by atoms with Crippen LogP contribution in [-0.4, -0.2) is 32.6 Å².